The number of fused-ring (bicyclic) bond motifs is 1. The predicted octanol–water partition coefficient (Wildman–Crippen LogP) is 5.78. The van der Waals surface area contributed by atoms with Crippen LogP contribution in [0.1, 0.15) is 10.4 Å². The Balaban J connectivity index is 1.83. The first kappa shape index (κ1) is 18.0. The van der Waals surface area contributed by atoms with E-state index in [1.54, 1.807) is 30.3 Å². The minimum atomic E-state index is -0.489. The van der Waals surface area contributed by atoms with Crippen LogP contribution in [0.2, 0.25) is 5.02 Å². The lowest BCUT2D eigenvalue weighted by atomic mass is 10.0. The van der Waals surface area contributed by atoms with E-state index in [0.717, 1.165) is 5.56 Å². The molecule has 0 aliphatic carbocycles. The molecule has 0 aliphatic rings. The number of carbonyl (C=O) groups is 1. The van der Waals surface area contributed by atoms with Crippen LogP contribution in [-0.2, 0) is 0 Å². The highest BCUT2D eigenvalue weighted by Gasteiger charge is 2.18. The number of carbonyl (C=O) groups excluding carboxylic acids is 1. The molecule has 3 aromatic carbocycles. The van der Waals surface area contributed by atoms with Gasteiger partial charge >= 0.3 is 5.97 Å². The summed E-state index contributed by atoms with van der Waals surface area (Å²) >= 11 is 6.34. The summed E-state index contributed by atoms with van der Waals surface area (Å²) in [6, 6.07) is 23.6. The second-order valence-electron chi connectivity index (χ2n) is 6.09. The molecule has 4 rings (SSSR count). The molecule has 5 heteroatoms. The third kappa shape index (κ3) is 3.42. The Labute approximate surface area is 167 Å². The summed E-state index contributed by atoms with van der Waals surface area (Å²) in [5.41, 5.74) is 2.45. The fourth-order valence-corrected chi connectivity index (χ4v) is 3.24. The van der Waals surface area contributed by atoms with Crippen molar-refractivity contribution in [2.75, 3.05) is 7.11 Å². The molecule has 138 valence electrons. The van der Waals surface area contributed by atoms with Crippen molar-refractivity contribution in [3.63, 3.8) is 0 Å². The van der Waals surface area contributed by atoms with Gasteiger partial charge in [-0.05, 0) is 30.3 Å². The number of methoxy groups -OCH3 is 1. The molecule has 0 atom stereocenters. The number of aromatic nitrogens is 1. The molecule has 0 fully saturated rings. The molecule has 4 aromatic rings. The summed E-state index contributed by atoms with van der Waals surface area (Å²) in [6.45, 7) is 0. The van der Waals surface area contributed by atoms with Gasteiger partial charge in [0.05, 0.1) is 23.9 Å². The number of para-hydroxylation sites is 3. The quantitative estimate of drug-likeness (QED) is 0.328. The second-order valence-corrected chi connectivity index (χ2v) is 6.50. The molecule has 0 amide bonds. The van der Waals surface area contributed by atoms with Crippen molar-refractivity contribution in [3.8, 4) is 22.8 Å². The van der Waals surface area contributed by atoms with Crippen LogP contribution in [0.4, 0.5) is 0 Å². The number of rotatable bonds is 4. The Hall–Kier alpha value is -3.37. The molecule has 0 unspecified atom stereocenters. The Kier molecular flexibility index (Phi) is 4.96. The van der Waals surface area contributed by atoms with E-state index in [1.807, 2.05) is 48.5 Å². The molecule has 0 bridgehead atoms. The highest BCUT2D eigenvalue weighted by Crippen LogP contribution is 2.31. The maximum Gasteiger partial charge on any atom is 0.344 e. The first-order chi connectivity index (χ1) is 13.7. The fraction of sp³-hybridized carbons (Fsp3) is 0.0435. The van der Waals surface area contributed by atoms with Gasteiger partial charge in [0.2, 0.25) is 0 Å². The Bertz CT molecular complexity index is 1170. The number of hydrogen-bond acceptors (Lipinski definition) is 4. The zero-order chi connectivity index (χ0) is 19.5. The van der Waals surface area contributed by atoms with Gasteiger partial charge in [-0.1, -0.05) is 60.1 Å². The van der Waals surface area contributed by atoms with Gasteiger partial charge in [0.25, 0.3) is 0 Å². The standard InChI is InChI=1S/C23H16ClNO3/c1-27-21-12-6-7-13-22(21)28-23(26)17-14-20(16-9-2-4-10-18(16)24)25-19-11-5-3-8-15(17)19/h2-14H,1H3. The highest BCUT2D eigenvalue weighted by molar-refractivity contribution is 6.33. The van der Waals surface area contributed by atoms with E-state index in [2.05, 4.69) is 4.98 Å². The van der Waals surface area contributed by atoms with E-state index in [-0.39, 0.29) is 0 Å². The molecule has 0 spiro atoms. The van der Waals surface area contributed by atoms with Crippen LogP contribution in [-0.4, -0.2) is 18.1 Å². The molecule has 1 heterocycles. The molecule has 4 nitrogen and oxygen atoms in total. The van der Waals surface area contributed by atoms with Gasteiger partial charge in [-0.25, -0.2) is 9.78 Å². The van der Waals surface area contributed by atoms with E-state index in [9.17, 15) is 4.79 Å². The summed E-state index contributed by atoms with van der Waals surface area (Å²) in [5, 5.41) is 1.27. The number of ether oxygens (including phenoxy) is 2. The molecular formula is C23H16ClNO3. The van der Waals surface area contributed by atoms with E-state index < -0.39 is 5.97 Å². The van der Waals surface area contributed by atoms with Crippen LogP contribution >= 0.6 is 11.6 Å². The number of nitrogens with zero attached hydrogens (tertiary/aromatic N) is 1. The minimum absolute atomic E-state index is 0.357. The van der Waals surface area contributed by atoms with Crippen molar-refractivity contribution < 1.29 is 14.3 Å². The number of pyridine rings is 1. The number of benzene rings is 3. The summed E-state index contributed by atoms with van der Waals surface area (Å²) < 4.78 is 10.9. The maximum atomic E-state index is 13.0. The van der Waals surface area contributed by atoms with Crippen LogP contribution in [0.25, 0.3) is 22.2 Å². The molecule has 0 aliphatic heterocycles. The molecule has 0 N–H and O–H groups in total. The first-order valence-corrected chi connectivity index (χ1v) is 9.05. The van der Waals surface area contributed by atoms with Crippen LogP contribution < -0.4 is 9.47 Å². The lowest BCUT2D eigenvalue weighted by molar-refractivity contribution is 0.0732. The van der Waals surface area contributed by atoms with E-state index in [1.165, 1.54) is 7.11 Å². The largest absolute Gasteiger partial charge is 0.493 e. The predicted molar refractivity (Wildman–Crippen MR) is 110 cm³/mol. The summed E-state index contributed by atoms with van der Waals surface area (Å²) in [6.07, 6.45) is 0. The second kappa shape index (κ2) is 7.71. The van der Waals surface area contributed by atoms with Gasteiger partial charge < -0.3 is 9.47 Å². The van der Waals surface area contributed by atoms with E-state index in [0.29, 0.717) is 38.7 Å². The monoisotopic (exact) mass is 389 g/mol. The van der Waals surface area contributed by atoms with Crippen LogP contribution in [0.5, 0.6) is 11.5 Å². The Morgan fingerprint density at radius 1 is 0.893 bits per heavy atom. The van der Waals surface area contributed by atoms with Crippen LogP contribution in [0.3, 0.4) is 0 Å². The molecular weight excluding hydrogens is 374 g/mol. The van der Waals surface area contributed by atoms with Crippen molar-refractivity contribution in [1.82, 2.24) is 4.98 Å². The Morgan fingerprint density at radius 3 is 2.36 bits per heavy atom. The van der Waals surface area contributed by atoms with Gasteiger partial charge in [-0.2, -0.15) is 0 Å². The molecule has 28 heavy (non-hydrogen) atoms. The lowest BCUT2D eigenvalue weighted by Gasteiger charge is -2.12. The number of hydrogen-bond donors (Lipinski definition) is 0. The average molecular weight is 390 g/mol. The van der Waals surface area contributed by atoms with Crippen molar-refractivity contribution in [2.45, 2.75) is 0 Å². The lowest BCUT2D eigenvalue weighted by Crippen LogP contribution is -2.10. The molecule has 0 radical (unpaired) electrons. The SMILES string of the molecule is COc1ccccc1OC(=O)c1cc(-c2ccccc2Cl)nc2ccccc12. The van der Waals surface area contributed by atoms with Gasteiger partial charge in [-0.15, -0.1) is 0 Å². The molecule has 0 saturated carbocycles. The zero-order valence-corrected chi connectivity index (χ0v) is 15.8. The maximum absolute atomic E-state index is 13.0. The fourth-order valence-electron chi connectivity index (χ4n) is 3.01. The van der Waals surface area contributed by atoms with Crippen molar-refractivity contribution in [1.29, 1.82) is 0 Å². The van der Waals surface area contributed by atoms with Crippen molar-refractivity contribution >= 4 is 28.5 Å². The van der Waals surface area contributed by atoms with Gasteiger partial charge in [0.1, 0.15) is 0 Å². The normalized spacial score (nSPS) is 10.6. The summed E-state index contributed by atoms with van der Waals surface area (Å²) in [4.78, 5) is 17.7. The zero-order valence-electron chi connectivity index (χ0n) is 15.1. The van der Waals surface area contributed by atoms with Crippen molar-refractivity contribution in [3.05, 3.63) is 89.4 Å². The Morgan fingerprint density at radius 2 is 1.57 bits per heavy atom. The van der Waals surface area contributed by atoms with Gasteiger partial charge in [0.15, 0.2) is 11.5 Å². The van der Waals surface area contributed by atoms with Crippen molar-refractivity contribution in [2.24, 2.45) is 0 Å². The van der Waals surface area contributed by atoms with E-state index in [4.69, 9.17) is 21.1 Å². The first-order valence-electron chi connectivity index (χ1n) is 8.67. The topological polar surface area (TPSA) is 48.4 Å². The van der Waals surface area contributed by atoms with Gasteiger partial charge in [-0.3, -0.25) is 0 Å². The van der Waals surface area contributed by atoms with Crippen LogP contribution in [0.15, 0.2) is 78.9 Å². The number of esters is 1. The van der Waals surface area contributed by atoms with Gasteiger partial charge in [0, 0.05) is 16.0 Å². The number of halogens is 1. The highest BCUT2D eigenvalue weighted by atomic mass is 35.5. The van der Waals surface area contributed by atoms with Crippen LogP contribution in [0, 0.1) is 0 Å². The summed E-state index contributed by atoms with van der Waals surface area (Å²) in [5.74, 6) is 0.354. The third-order valence-electron chi connectivity index (χ3n) is 4.36. The summed E-state index contributed by atoms with van der Waals surface area (Å²) in [7, 11) is 1.53. The average Bonchev–Trinajstić information content (AvgIpc) is 2.73. The smallest absolute Gasteiger partial charge is 0.344 e. The molecule has 0 saturated heterocycles. The third-order valence-corrected chi connectivity index (χ3v) is 4.69. The molecule has 1 aromatic heterocycles. The van der Waals surface area contributed by atoms with E-state index >= 15 is 0 Å². The minimum Gasteiger partial charge on any atom is -0.493 e.